The molecule has 2 aliphatic heterocycles. The highest BCUT2D eigenvalue weighted by Crippen LogP contribution is 2.36. The molecule has 6 nitrogen and oxygen atoms in total. The molecule has 7 heteroatoms. The van der Waals surface area contributed by atoms with E-state index < -0.39 is 0 Å². The molecule has 3 atom stereocenters. The van der Waals surface area contributed by atoms with Gasteiger partial charge in [-0.15, -0.1) is 0 Å². The van der Waals surface area contributed by atoms with Gasteiger partial charge in [-0.3, -0.25) is 4.79 Å². The monoisotopic (exact) mass is 379 g/mol. The summed E-state index contributed by atoms with van der Waals surface area (Å²) < 4.78 is 5.18. The van der Waals surface area contributed by atoms with E-state index in [0.717, 1.165) is 25.7 Å². The molecule has 26 heavy (non-hydrogen) atoms. The molecule has 2 bridgehead atoms. The zero-order chi connectivity index (χ0) is 18.5. The number of hydrogen-bond donors (Lipinski definition) is 2. The normalized spacial score (nSPS) is 24.4. The Labute approximate surface area is 159 Å². The van der Waals surface area contributed by atoms with E-state index in [-0.39, 0.29) is 24.1 Å². The van der Waals surface area contributed by atoms with Gasteiger partial charge in [0, 0.05) is 41.8 Å². The Balaban J connectivity index is 1.40. The number of carbonyl (C=O) groups is 2. The molecule has 0 spiro atoms. The predicted molar refractivity (Wildman–Crippen MR) is 100 cm³/mol. The first-order valence-corrected chi connectivity index (χ1v) is 9.68. The SMILES string of the molecule is CCOC(=O)N1[C@@H]2CC[C@H]1CC(NCCNC(=O)c1cccc(Cl)c1)C2. The summed E-state index contributed by atoms with van der Waals surface area (Å²) >= 11 is 5.91. The van der Waals surface area contributed by atoms with Crippen molar-refractivity contribution < 1.29 is 14.3 Å². The molecule has 2 N–H and O–H groups in total. The van der Waals surface area contributed by atoms with Gasteiger partial charge in [0.25, 0.3) is 5.91 Å². The van der Waals surface area contributed by atoms with Crippen LogP contribution in [0.4, 0.5) is 4.79 Å². The minimum atomic E-state index is -0.174. The van der Waals surface area contributed by atoms with E-state index in [9.17, 15) is 9.59 Å². The van der Waals surface area contributed by atoms with Crippen LogP contribution < -0.4 is 10.6 Å². The molecular formula is C19H26ClN3O3. The fourth-order valence-corrected chi connectivity index (χ4v) is 4.21. The Hall–Kier alpha value is -1.79. The fourth-order valence-electron chi connectivity index (χ4n) is 4.02. The molecule has 0 aromatic heterocycles. The van der Waals surface area contributed by atoms with Gasteiger partial charge in [-0.25, -0.2) is 4.79 Å². The van der Waals surface area contributed by atoms with Crippen LogP contribution in [0, 0.1) is 0 Å². The fraction of sp³-hybridized carbons (Fsp3) is 0.579. The van der Waals surface area contributed by atoms with Crippen LogP contribution >= 0.6 is 11.6 Å². The minimum absolute atomic E-state index is 0.119. The Morgan fingerprint density at radius 3 is 2.62 bits per heavy atom. The van der Waals surface area contributed by atoms with E-state index in [1.165, 1.54) is 0 Å². The maximum atomic E-state index is 12.1. The third kappa shape index (κ3) is 4.48. The molecule has 2 aliphatic rings. The number of nitrogens with one attached hydrogen (secondary N) is 2. The molecule has 3 rings (SSSR count). The number of ether oxygens (including phenoxy) is 1. The Kier molecular flexibility index (Phi) is 6.38. The van der Waals surface area contributed by atoms with E-state index >= 15 is 0 Å². The standard InChI is InChI=1S/C19H26ClN3O3/c1-2-26-19(25)23-16-6-7-17(23)12-15(11-16)21-8-9-22-18(24)13-4-3-5-14(20)10-13/h3-5,10,15-17,21H,2,6-9,11-12H2,1H3,(H,22,24)/t15?,16-,17+. The van der Waals surface area contributed by atoms with Crippen molar-refractivity contribution >= 4 is 23.6 Å². The van der Waals surface area contributed by atoms with Crippen LogP contribution in [0.25, 0.3) is 0 Å². The second-order valence-corrected chi connectivity index (χ2v) is 7.32. The first kappa shape index (κ1) is 19.0. The van der Waals surface area contributed by atoms with Gasteiger partial charge in [0.1, 0.15) is 0 Å². The lowest BCUT2D eigenvalue weighted by molar-refractivity contribution is 0.0659. The Morgan fingerprint density at radius 1 is 1.23 bits per heavy atom. The molecule has 0 saturated carbocycles. The van der Waals surface area contributed by atoms with E-state index in [4.69, 9.17) is 16.3 Å². The molecule has 2 saturated heterocycles. The number of hydrogen-bond acceptors (Lipinski definition) is 4. The second-order valence-electron chi connectivity index (χ2n) is 6.88. The number of carbonyl (C=O) groups excluding carboxylic acids is 2. The molecule has 2 heterocycles. The van der Waals surface area contributed by atoms with Gasteiger partial charge in [0.2, 0.25) is 0 Å². The van der Waals surface area contributed by atoms with Crippen LogP contribution in [-0.2, 0) is 4.74 Å². The lowest BCUT2D eigenvalue weighted by Crippen LogP contribution is -2.52. The number of benzene rings is 1. The van der Waals surface area contributed by atoms with E-state index in [1.54, 1.807) is 24.3 Å². The van der Waals surface area contributed by atoms with Gasteiger partial charge in [-0.05, 0) is 50.8 Å². The number of rotatable bonds is 6. The number of halogens is 1. The van der Waals surface area contributed by atoms with Crippen LogP contribution in [0.5, 0.6) is 0 Å². The molecule has 1 unspecified atom stereocenters. The molecule has 0 radical (unpaired) electrons. The second kappa shape index (κ2) is 8.73. The number of amides is 2. The lowest BCUT2D eigenvalue weighted by atomic mass is 9.98. The van der Waals surface area contributed by atoms with Crippen LogP contribution in [0.1, 0.15) is 43.0 Å². The number of fused-ring (bicyclic) bond motifs is 2. The molecule has 142 valence electrons. The lowest BCUT2D eigenvalue weighted by Gasteiger charge is -2.38. The number of nitrogens with zero attached hydrogens (tertiary/aromatic N) is 1. The largest absolute Gasteiger partial charge is 0.450 e. The van der Waals surface area contributed by atoms with Gasteiger partial charge in [0.15, 0.2) is 0 Å². The molecular weight excluding hydrogens is 354 g/mol. The predicted octanol–water partition coefficient (Wildman–Crippen LogP) is 2.81. The van der Waals surface area contributed by atoms with Gasteiger partial charge in [-0.2, -0.15) is 0 Å². The summed E-state index contributed by atoms with van der Waals surface area (Å²) in [5.41, 5.74) is 0.568. The summed E-state index contributed by atoms with van der Waals surface area (Å²) in [5, 5.41) is 6.97. The number of piperidine rings is 1. The summed E-state index contributed by atoms with van der Waals surface area (Å²) in [6, 6.07) is 7.84. The van der Waals surface area contributed by atoms with Crippen molar-refractivity contribution in [1.82, 2.24) is 15.5 Å². The molecule has 0 aliphatic carbocycles. The van der Waals surface area contributed by atoms with Crippen molar-refractivity contribution in [2.45, 2.75) is 50.7 Å². The van der Waals surface area contributed by atoms with E-state index in [1.807, 2.05) is 11.8 Å². The third-order valence-corrected chi connectivity index (χ3v) is 5.38. The van der Waals surface area contributed by atoms with Gasteiger partial charge >= 0.3 is 6.09 Å². The van der Waals surface area contributed by atoms with Crippen molar-refractivity contribution in [1.29, 1.82) is 0 Å². The van der Waals surface area contributed by atoms with Gasteiger partial charge in [-0.1, -0.05) is 17.7 Å². The maximum absolute atomic E-state index is 12.1. The van der Waals surface area contributed by atoms with Crippen molar-refractivity contribution in [3.05, 3.63) is 34.9 Å². The topological polar surface area (TPSA) is 70.7 Å². The van der Waals surface area contributed by atoms with Gasteiger partial charge in [0.05, 0.1) is 6.61 Å². The van der Waals surface area contributed by atoms with Crippen LogP contribution in [-0.4, -0.2) is 54.7 Å². The van der Waals surface area contributed by atoms with Crippen molar-refractivity contribution in [3.63, 3.8) is 0 Å². The zero-order valence-corrected chi connectivity index (χ0v) is 15.8. The molecule has 1 aromatic rings. The van der Waals surface area contributed by atoms with Gasteiger partial charge < -0.3 is 20.3 Å². The summed E-state index contributed by atoms with van der Waals surface area (Å²) in [6.45, 7) is 3.52. The zero-order valence-electron chi connectivity index (χ0n) is 15.0. The Morgan fingerprint density at radius 2 is 1.96 bits per heavy atom. The molecule has 2 fully saturated rings. The third-order valence-electron chi connectivity index (χ3n) is 5.14. The minimum Gasteiger partial charge on any atom is -0.450 e. The average Bonchev–Trinajstić information content (AvgIpc) is 2.89. The van der Waals surface area contributed by atoms with Crippen molar-refractivity contribution in [3.8, 4) is 0 Å². The Bertz CT molecular complexity index is 641. The van der Waals surface area contributed by atoms with Crippen LogP contribution in [0.15, 0.2) is 24.3 Å². The van der Waals surface area contributed by atoms with Crippen LogP contribution in [0.3, 0.4) is 0 Å². The summed E-state index contributed by atoms with van der Waals surface area (Å²) in [6.07, 6.45) is 3.81. The van der Waals surface area contributed by atoms with E-state index in [2.05, 4.69) is 10.6 Å². The summed E-state index contributed by atoms with van der Waals surface area (Å²) in [4.78, 5) is 26.1. The highest BCUT2D eigenvalue weighted by molar-refractivity contribution is 6.30. The summed E-state index contributed by atoms with van der Waals surface area (Å²) in [7, 11) is 0. The van der Waals surface area contributed by atoms with E-state index in [0.29, 0.717) is 36.3 Å². The first-order valence-electron chi connectivity index (χ1n) is 9.30. The molecule has 1 aromatic carbocycles. The smallest absolute Gasteiger partial charge is 0.410 e. The molecule has 2 amide bonds. The average molecular weight is 380 g/mol. The quantitative estimate of drug-likeness (QED) is 0.745. The summed E-state index contributed by atoms with van der Waals surface area (Å²) in [5.74, 6) is -0.119. The van der Waals surface area contributed by atoms with Crippen molar-refractivity contribution in [2.75, 3.05) is 19.7 Å². The maximum Gasteiger partial charge on any atom is 0.410 e. The first-order chi connectivity index (χ1) is 12.6. The van der Waals surface area contributed by atoms with Crippen LogP contribution in [0.2, 0.25) is 5.02 Å². The van der Waals surface area contributed by atoms with Crippen molar-refractivity contribution in [2.24, 2.45) is 0 Å². The highest BCUT2D eigenvalue weighted by atomic mass is 35.5. The highest BCUT2D eigenvalue weighted by Gasteiger charge is 2.43.